The molecule has 0 atom stereocenters. The van der Waals surface area contributed by atoms with Gasteiger partial charge in [0.25, 0.3) is 5.91 Å². The Hall–Kier alpha value is -0.900. The van der Waals surface area contributed by atoms with Crippen LogP contribution in [0.3, 0.4) is 0 Å². The molecule has 0 saturated carbocycles. The maximum absolute atomic E-state index is 12.1. The van der Waals surface area contributed by atoms with Crippen molar-refractivity contribution in [1.82, 2.24) is 9.88 Å². The summed E-state index contributed by atoms with van der Waals surface area (Å²) in [7, 11) is 0. The van der Waals surface area contributed by atoms with Gasteiger partial charge in [0.2, 0.25) is 0 Å². The summed E-state index contributed by atoms with van der Waals surface area (Å²) in [5.74, 6) is 0.123. The lowest BCUT2D eigenvalue weighted by Crippen LogP contribution is -2.35. The van der Waals surface area contributed by atoms with Crippen molar-refractivity contribution in [2.24, 2.45) is 0 Å². The summed E-state index contributed by atoms with van der Waals surface area (Å²) in [6.45, 7) is 3.94. The smallest absolute Gasteiger partial charge is 0.273 e. The first-order chi connectivity index (χ1) is 7.81. The molecule has 0 unspecified atom stereocenters. The van der Waals surface area contributed by atoms with Crippen LogP contribution in [0.25, 0.3) is 0 Å². The fourth-order valence-electron chi connectivity index (χ4n) is 2.00. The normalized spacial score (nSPS) is 16.4. The molecule has 0 radical (unpaired) electrons. The van der Waals surface area contributed by atoms with Crippen LogP contribution in [-0.2, 0) is 6.42 Å². The van der Waals surface area contributed by atoms with Gasteiger partial charge in [-0.25, -0.2) is 4.98 Å². The molecule has 1 aliphatic heterocycles. The molecule has 0 bridgehead atoms. The molecule has 0 aromatic carbocycles. The van der Waals surface area contributed by atoms with Crippen LogP contribution < -0.4 is 0 Å². The third kappa shape index (κ3) is 2.61. The number of aromatic nitrogens is 1. The molecule has 3 nitrogen and oxygen atoms in total. The van der Waals surface area contributed by atoms with E-state index in [1.165, 1.54) is 6.42 Å². The highest BCUT2D eigenvalue weighted by molar-refractivity contribution is 7.09. The molecule has 4 heteroatoms. The van der Waals surface area contributed by atoms with Crippen molar-refractivity contribution < 1.29 is 4.79 Å². The number of nitrogens with zero attached hydrogens (tertiary/aromatic N) is 2. The van der Waals surface area contributed by atoms with Crippen molar-refractivity contribution >= 4 is 17.2 Å². The number of hydrogen-bond donors (Lipinski definition) is 0. The van der Waals surface area contributed by atoms with Gasteiger partial charge in [-0.15, -0.1) is 11.3 Å². The van der Waals surface area contributed by atoms with E-state index in [-0.39, 0.29) is 5.91 Å². The predicted octanol–water partition coefficient (Wildman–Crippen LogP) is 2.72. The van der Waals surface area contributed by atoms with E-state index in [0.717, 1.165) is 43.8 Å². The summed E-state index contributed by atoms with van der Waals surface area (Å²) >= 11 is 1.61. The molecule has 2 rings (SSSR count). The predicted molar refractivity (Wildman–Crippen MR) is 65.9 cm³/mol. The van der Waals surface area contributed by atoms with Gasteiger partial charge in [-0.05, 0) is 32.1 Å². The lowest BCUT2D eigenvalue weighted by molar-refractivity contribution is 0.0719. The molecular formula is C12H18N2OS. The highest BCUT2D eigenvalue weighted by Crippen LogP contribution is 2.16. The van der Waals surface area contributed by atoms with Gasteiger partial charge in [-0.2, -0.15) is 0 Å². The Morgan fingerprint density at radius 2 is 2.19 bits per heavy atom. The summed E-state index contributed by atoms with van der Waals surface area (Å²) < 4.78 is 0. The van der Waals surface area contributed by atoms with Gasteiger partial charge in [0.05, 0.1) is 5.01 Å². The second kappa shape index (κ2) is 5.43. The maximum atomic E-state index is 12.1. The molecule has 1 amide bonds. The van der Waals surface area contributed by atoms with Crippen LogP contribution in [0.1, 0.15) is 48.1 Å². The number of hydrogen-bond acceptors (Lipinski definition) is 3. The second-order valence-electron chi connectivity index (χ2n) is 4.23. The van der Waals surface area contributed by atoms with Gasteiger partial charge < -0.3 is 4.90 Å². The van der Waals surface area contributed by atoms with Crippen LogP contribution in [0.15, 0.2) is 5.38 Å². The van der Waals surface area contributed by atoms with Crippen molar-refractivity contribution in [2.45, 2.75) is 39.0 Å². The van der Waals surface area contributed by atoms with Gasteiger partial charge >= 0.3 is 0 Å². The zero-order chi connectivity index (χ0) is 11.4. The van der Waals surface area contributed by atoms with Crippen molar-refractivity contribution in [2.75, 3.05) is 13.1 Å². The molecule has 1 aromatic rings. The molecule has 1 fully saturated rings. The topological polar surface area (TPSA) is 33.2 Å². The third-order valence-corrected chi connectivity index (χ3v) is 3.79. The van der Waals surface area contributed by atoms with Crippen LogP contribution in [0.2, 0.25) is 0 Å². The molecule has 16 heavy (non-hydrogen) atoms. The van der Waals surface area contributed by atoms with Crippen LogP contribution in [0, 0.1) is 0 Å². The van der Waals surface area contributed by atoms with E-state index >= 15 is 0 Å². The van der Waals surface area contributed by atoms with Crippen LogP contribution in [0.4, 0.5) is 0 Å². The number of piperidine rings is 1. The zero-order valence-electron chi connectivity index (χ0n) is 9.74. The van der Waals surface area contributed by atoms with E-state index in [2.05, 4.69) is 11.9 Å². The first-order valence-corrected chi connectivity index (χ1v) is 6.93. The summed E-state index contributed by atoms with van der Waals surface area (Å²) in [6.07, 6.45) is 5.60. The zero-order valence-corrected chi connectivity index (χ0v) is 10.6. The summed E-state index contributed by atoms with van der Waals surface area (Å²) in [5, 5.41) is 2.99. The Labute approximate surface area is 100 Å². The molecular weight excluding hydrogens is 220 g/mol. The molecule has 88 valence electrons. The number of carbonyl (C=O) groups is 1. The highest BCUT2D eigenvalue weighted by Gasteiger charge is 2.20. The number of rotatable bonds is 3. The monoisotopic (exact) mass is 238 g/mol. The van der Waals surface area contributed by atoms with Gasteiger partial charge in [-0.3, -0.25) is 4.79 Å². The fraction of sp³-hybridized carbons (Fsp3) is 0.667. The Kier molecular flexibility index (Phi) is 3.93. The number of amides is 1. The minimum absolute atomic E-state index is 0.123. The SMILES string of the molecule is CCCc1nc(C(=O)N2CCCCC2)cs1. The fourth-order valence-corrected chi connectivity index (χ4v) is 2.87. The Morgan fingerprint density at radius 1 is 1.44 bits per heavy atom. The quantitative estimate of drug-likeness (QED) is 0.811. The van der Waals surface area contributed by atoms with Crippen molar-refractivity contribution in [3.05, 3.63) is 16.1 Å². The van der Waals surface area contributed by atoms with Gasteiger partial charge in [0.1, 0.15) is 5.69 Å². The number of likely N-dealkylation sites (tertiary alicyclic amines) is 1. The van der Waals surface area contributed by atoms with E-state index < -0.39 is 0 Å². The molecule has 0 spiro atoms. The Bertz CT molecular complexity index is 356. The van der Waals surface area contributed by atoms with Crippen LogP contribution in [-0.4, -0.2) is 28.9 Å². The number of thiazole rings is 1. The Morgan fingerprint density at radius 3 is 2.88 bits per heavy atom. The summed E-state index contributed by atoms with van der Waals surface area (Å²) in [6, 6.07) is 0. The first kappa shape index (κ1) is 11.6. The van der Waals surface area contributed by atoms with Crippen molar-refractivity contribution in [1.29, 1.82) is 0 Å². The number of aryl methyl sites for hydroxylation is 1. The minimum atomic E-state index is 0.123. The van der Waals surface area contributed by atoms with Crippen molar-refractivity contribution in [3.63, 3.8) is 0 Å². The second-order valence-corrected chi connectivity index (χ2v) is 5.17. The molecule has 0 aliphatic carbocycles. The van der Waals surface area contributed by atoms with Crippen LogP contribution >= 0.6 is 11.3 Å². The van der Waals surface area contributed by atoms with Gasteiger partial charge in [0.15, 0.2) is 0 Å². The van der Waals surface area contributed by atoms with E-state index in [0.29, 0.717) is 5.69 Å². The highest BCUT2D eigenvalue weighted by atomic mass is 32.1. The standard InChI is InChI=1S/C12H18N2OS/c1-2-6-11-13-10(9-16-11)12(15)14-7-4-3-5-8-14/h9H,2-8H2,1H3. The van der Waals surface area contributed by atoms with E-state index in [9.17, 15) is 4.79 Å². The van der Waals surface area contributed by atoms with Gasteiger partial charge in [-0.1, -0.05) is 6.92 Å². The van der Waals surface area contributed by atoms with Crippen LogP contribution in [0.5, 0.6) is 0 Å². The minimum Gasteiger partial charge on any atom is -0.337 e. The van der Waals surface area contributed by atoms with Crippen molar-refractivity contribution in [3.8, 4) is 0 Å². The Balaban J connectivity index is 2.01. The average Bonchev–Trinajstić information content (AvgIpc) is 2.78. The average molecular weight is 238 g/mol. The number of carbonyl (C=O) groups excluding carboxylic acids is 1. The molecule has 1 aromatic heterocycles. The lowest BCUT2D eigenvalue weighted by atomic mass is 10.1. The first-order valence-electron chi connectivity index (χ1n) is 6.05. The van der Waals surface area contributed by atoms with E-state index in [1.54, 1.807) is 11.3 Å². The molecule has 2 heterocycles. The lowest BCUT2D eigenvalue weighted by Gasteiger charge is -2.25. The van der Waals surface area contributed by atoms with Gasteiger partial charge in [0, 0.05) is 18.5 Å². The van der Waals surface area contributed by atoms with E-state index in [4.69, 9.17) is 0 Å². The molecule has 1 saturated heterocycles. The largest absolute Gasteiger partial charge is 0.337 e. The third-order valence-electron chi connectivity index (χ3n) is 2.88. The molecule has 1 aliphatic rings. The molecule has 0 N–H and O–H groups in total. The maximum Gasteiger partial charge on any atom is 0.273 e. The summed E-state index contributed by atoms with van der Waals surface area (Å²) in [4.78, 5) is 18.4. The summed E-state index contributed by atoms with van der Waals surface area (Å²) in [5.41, 5.74) is 0.648. The van der Waals surface area contributed by atoms with E-state index in [1.807, 2.05) is 10.3 Å².